The van der Waals surface area contributed by atoms with Crippen LogP contribution >= 0.6 is 0 Å². The maximum atomic E-state index is 12.3. The predicted molar refractivity (Wildman–Crippen MR) is 41.1 cm³/mol. The van der Waals surface area contributed by atoms with Crippen molar-refractivity contribution in [1.29, 1.82) is 5.26 Å². The second-order valence-electron chi connectivity index (χ2n) is 2.01. The van der Waals surface area contributed by atoms with Crippen molar-refractivity contribution in [2.45, 2.75) is 0 Å². The molecule has 0 amide bonds. The fourth-order valence-corrected chi connectivity index (χ4v) is 0.728. The molecule has 2 heteroatoms. The zero-order valence-corrected chi connectivity index (χ0v) is 5.79. The zero-order chi connectivity index (χ0) is 8.10. The molecule has 0 fully saturated rings. The van der Waals surface area contributed by atoms with Gasteiger partial charge in [0, 0.05) is 0 Å². The Bertz CT molecular complexity index is 295. The highest BCUT2D eigenvalue weighted by molar-refractivity contribution is 5.54. The number of rotatable bonds is 1. The van der Waals surface area contributed by atoms with E-state index < -0.39 is 5.83 Å². The summed E-state index contributed by atoms with van der Waals surface area (Å²) in [4.78, 5) is 0. The van der Waals surface area contributed by atoms with Gasteiger partial charge >= 0.3 is 0 Å². The summed E-state index contributed by atoms with van der Waals surface area (Å²) in [5.74, 6) is -0.767. The van der Waals surface area contributed by atoms with Crippen LogP contribution in [0.15, 0.2) is 36.2 Å². The molecule has 0 unspecified atom stereocenters. The molecule has 0 aliphatic rings. The van der Waals surface area contributed by atoms with Crippen molar-refractivity contribution < 1.29 is 4.39 Å². The van der Waals surface area contributed by atoms with Gasteiger partial charge in [-0.2, -0.15) is 9.65 Å². The minimum Gasteiger partial charge on any atom is -0.195 e. The molecule has 1 rings (SSSR count). The minimum atomic E-state index is -0.767. The SMILES string of the molecule is N#CC(F)=Cc1ccccc1. The lowest BCUT2D eigenvalue weighted by Crippen LogP contribution is -1.70. The number of halogens is 1. The predicted octanol–water partition coefficient (Wildman–Crippen LogP) is 2.52. The highest BCUT2D eigenvalue weighted by Crippen LogP contribution is 2.05. The van der Waals surface area contributed by atoms with Crippen LogP contribution in [0.4, 0.5) is 4.39 Å². The molecule has 1 aromatic rings. The third kappa shape index (κ3) is 2.23. The quantitative estimate of drug-likeness (QED) is 0.560. The van der Waals surface area contributed by atoms with Crippen molar-refractivity contribution in [3.8, 4) is 6.07 Å². The summed E-state index contributed by atoms with van der Waals surface area (Å²) in [5.41, 5.74) is 0.701. The van der Waals surface area contributed by atoms with E-state index in [1.165, 1.54) is 12.1 Å². The second-order valence-corrected chi connectivity index (χ2v) is 2.01. The van der Waals surface area contributed by atoms with Crippen LogP contribution in [0.3, 0.4) is 0 Å². The smallest absolute Gasteiger partial charge is 0.195 e. The Morgan fingerprint density at radius 3 is 2.55 bits per heavy atom. The molecule has 1 nitrogen and oxygen atoms in total. The highest BCUT2D eigenvalue weighted by atomic mass is 19.1. The molecule has 0 saturated carbocycles. The van der Waals surface area contributed by atoms with E-state index in [9.17, 15) is 4.39 Å². The Morgan fingerprint density at radius 1 is 1.36 bits per heavy atom. The molecule has 0 spiro atoms. The summed E-state index contributed by atoms with van der Waals surface area (Å²) in [6.45, 7) is 0. The maximum absolute atomic E-state index is 12.3. The first kappa shape index (κ1) is 7.49. The average Bonchev–Trinajstić information content (AvgIpc) is 2.06. The van der Waals surface area contributed by atoms with Gasteiger partial charge in [-0.25, -0.2) is 0 Å². The maximum Gasteiger partial charge on any atom is 0.200 e. The van der Waals surface area contributed by atoms with Gasteiger partial charge in [0.1, 0.15) is 6.07 Å². The summed E-state index contributed by atoms with van der Waals surface area (Å²) in [6.07, 6.45) is 1.19. The number of nitriles is 1. The molecule has 0 aromatic heterocycles. The molecule has 11 heavy (non-hydrogen) atoms. The molecule has 0 radical (unpaired) electrons. The normalized spacial score (nSPS) is 10.7. The Morgan fingerprint density at radius 2 is 2.00 bits per heavy atom. The molecular weight excluding hydrogens is 141 g/mol. The summed E-state index contributed by atoms with van der Waals surface area (Å²) in [5, 5.41) is 8.10. The summed E-state index contributed by atoms with van der Waals surface area (Å²) < 4.78 is 12.3. The molecule has 0 aliphatic heterocycles. The van der Waals surface area contributed by atoms with E-state index in [0.717, 1.165) is 0 Å². The van der Waals surface area contributed by atoms with Crippen LogP contribution in [0.5, 0.6) is 0 Å². The summed E-state index contributed by atoms with van der Waals surface area (Å²) in [6, 6.07) is 10.3. The van der Waals surface area contributed by atoms with Gasteiger partial charge in [-0.1, -0.05) is 30.3 Å². The first-order chi connectivity index (χ1) is 5.33. The number of nitrogens with zero attached hydrogens (tertiary/aromatic N) is 1. The van der Waals surface area contributed by atoms with Gasteiger partial charge in [-0.15, -0.1) is 0 Å². The van der Waals surface area contributed by atoms with Crippen LogP contribution in [0.2, 0.25) is 0 Å². The van der Waals surface area contributed by atoms with Crippen molar-refractivity contribution >= 4 is 6.08 Å². The van der Waals surface area contributed by atoms with E-state index in [0.29, 0.717) is 5.56 Å². The van der Waals surface area contributed by atoms with Crippen molar-refractivity contribution in [1.82, 2.24) is 0 Å². The standard InChI is InChI=1S/C9H6FN/c10-9(7-11)6-8-4-2-1-3-5-8/h1-6H. The largest absolute Gasteiger partial charge is 0.200 e. The van der Waals surface area contributed by atoms with Crippen molar-refractivity contribution in [2.24, 2.45) is 0 Å². The fraction of sp³-hybridized carbons (Fsp3) is 0. The Balaban J connectivity index is 2.90. The van der Waals surface area contributed by atoms with Gasteiger partial charge in [-0.05, 0) is 11.6 Å². The Kier molecular flexibility index (Phi) is 2.40. The lowest BCUT2D eigenvalue weighted by atomic mass is 10.2. The van der Waals surface area contributed by atoms with Crippen LogP contribution in [-0.4, -0.2) is 0 Å². The average molecular weight is 147 g/mol. The lowest BCUT2D eigenvalue weighted by molar-refractivity contribution is 0.679. The van der Waals surface area contributed by atoms with Crippen molar-refractivity contribution in [3.63, 3.8) is 0 Å². The first-order valence-corrected chi connectivity index (χ1v) is 3.15. The van der Waals surface area contributed by atoms with Gasteiger partial charge in [0.2, 0.25) is 5.83 Å². The monoisotopic (exact) mass is 147 g/mol. The zero-order valence-electron chi connectivity index (χ0n) is 5.79. The van der Waals surface area contributed by atoms with Crippen LogP contribution < -0.4 is 0 Å². The van der Waals surface area contributed by atoms with Gasteiger partial charge in [0.25, 0.3) is 0 Å². The third-order valence-electron chi connectivity index (χ3n) is 1.20. The number of hydrogen-bond acceptors (Lipinski definition) is 1. The van der Waals surface area contributed by atoms with E-state index in [1.54, 1.807) is 24.3 Å². The topological polar surface area (TPSA) is 23.8 Å². The first-order valence-electron chi connectivity index (χ1n) is 3.15. The van der Waals surface area contributed by atoms with Gasteiger partial charge in [-0.3, -0.25) is 0 Å². The number of benzene rings is 1. The van der Waals surface area contributed by atoms with E-state index in [2.05, 4.69) is 0 Å². The summed E-state index contributed by atoms with van der Waals surface area (Å²) in [7, 11) is 0. The molecule has 0 saturated heterocycles. The van der Waals surface area contributed by atoms with Crippen molar-refractivity contribution in [2.75, 3.05) is 0 Å². The van der Waals surface area contributed by atoms with Crippen LogP contribution in [-0.2, 0) is 0 Å². The Labute approximate surface area is 64.4 Å². The number of allylic oxidation sites excluding steroid dienone is 1. The van der Waals surface area contributed by atoms with Crippen LogP contribution in [0.25, 0.3) is 6.08 Å². The lowest BCUT2D eigenvalue weighted by Gasteiger charge is -1.88. The highest BCUT2D eigenvalue weighted by Gasteiger charge is 1.89. The van der Waals surface area contributed by atoms with Gasteiger partial charge < -0.3 is 0 Å². The number of hydrogen-bond donors (Lipinski definition) is 0. The molecule has 1 aromatic carbocycles. The molecule has 0 bridgehead atoms. The van der Waals surface area contributed by atoms with Crippen molar-refractivity contribution in [3.05, 3.63) is 41.7 Å². The second kappa shape index (κ2) is 3.52. The van der Waals surface area contributed by atoms with Gasteiger partial charge in [0.05, 0.1) is 0 Å². The van der Waals surface area contributed by atoms with E-state index in [1.807, 2.05) is 6.07 Å². The summed E-state index contributed by atoms with van der Waals surface area (Å²) >= 11 is 0. The molecule has 0 N–H and O–H groups in total. The molecule has 54 valence electrons. The third-order valence-corrected chi connectivity index (χ3v) is 1.20. The molecular formula is C9H6FN. The molecule has 0 heterocycles. The van der Waals surface area contributed by atoms with Crippen LogP contribution in [0.1, 0.15) is 5.56 Å². The minimum absolute atomic E-state index is 0.701. The van der Waals surface area contributed by atoms with E-state index in [4.69, 9.17) is 5.26 Å². The van der Waals surface area contributed by atoms with E-state index >= 15 is 0 Å². The molecule has 0 aliphatic carbocycles. The molecule has 0 atom stereocenters. The van der Waals surface area contributed by atoms with Crippen LogP contribution in [0, 0.1) is 11.3 Å². The fourth-order valence-electron chi connectivity index (χ4n) is 0.728. The Hall–Kier alpha value is -1.62. The van der Waals surface area contributed by atoms with Gasteiger partial charge in [0.15, 0.2) is 0 Å². The van der Waals surface area contributed by atoms with E-state index in [-0.39, 0.29) is 0 Å².